The molecule has 126 valence electrons. The molecular formula is C16H17ClN4O3. The molecule has 0 saturated carbocycles. The van der Waals surface area contributed by atoms with Gasteiger partial charge in [-0.05, 0) is 32.0 Å². The van der Waals surface area contributed by atoms with Crippen LogP contribution in [0.3, 0.4) is 0 Å². The fourth-order valence-corrected chi connectivity index (χ4v) is 2.50. The zero-order valence-electron chi connectivity index (χ0n) is 13.8. The van der Waals surface area contributed by atoms with Crippen molar-refractivity contribution in [2.45, 2.75) is 20.4 Å². The van der Waals surface area contributed by atoms with Gasteiger partial charge >= 0.3 is 0 Å². The molecule has 0 N–H and O–H groups in total. The lowest BCUT2D eigenvalue weighted by Crippen LogP contribution is -2.04. The quantitative estimate of drug-likeness (QED) is 0.704. The molecule has 0 unspecified atom stereocenters. The van der Waals surface area contributed by atoms with Gasteiger partial charge in [0.15, 0.2) is 11.5 Å². The van der Waals surface area contributed by atoms with Gasteiger partial charge in [0.2, 0.25) is 11.7 Å². The fraction of sp³-hybridized carbons (Fsp3) is 0.312. The number of hydrogen-bond acceptors (Lipinski definition) is 6. The Balaban J connectivity index is 1.86. The van der Waals surface area contributed by atoms with Gasteiger partial charge in [0, 0.05) is 5.56 Å². The van der Waals surface area contributed by atoms with Gasteiger partial charge in [-0.1, -0.05) is 16.8 Å². The Hall–Kier alpha value is -2.54. The zero-order valence-corrected chi connectivity index (χ0v) is 14.6. The van der Waals surface area contributed by atoms with Crippen LogP contribution in [0.2, 0.25) is 5.02 Å². The molecule has 0 aliphatic heterocycles. The maximum Gasteiger partial charge on any atom is 0.248 e. The fourth-order valence-electron chi connectivity index (χ4n) is 2.37. The predicted octanol–water partition coefficient (Wildman–Crippen LogP) is 3.27. The minimum absolute atomic E-state index is 0.361. The van der Waals surface area contributed by atoms with Crippen LogP contribution in [-0.2, 0) is 6.54 Å². The molecule has 1 aromatic carbocycles. The highest BCUT2D eigenvalue weighted by Crippen LogP contribution is 2.31. The second-order valence-electron chi connectivity index (χ2n) is 5.22. The summed E-state index contributed by atoms with van der Waals surface area (Å²) in [5.74, 6) is 2.16. The lowest BCUT2D eigenvalue weighted by Gasteiger charge is -2.07. The van der Waals surface area contributed by atoms with Crippen LogP contribution in [0.4, 0.5) is 0 Å². The zero-order chi connectivity index (χ0) is 17.3. The molecule has 24 heavy (non-hydrogen) atoms. The van der Waals surface area contributed by atoms with Crippen molar-refractivity contribution in [2.24, 2.45) is 0 Å². The summed E-state index contributed by atoms with van der Waals surface area (Å²) in [6, 6.07) is 5.44. The number of methoxy groups -OCH3 is 2. The molecular weight excluding hydrogens is 332 g/mol. The number of aromatic nitrogens is 4. The summed E-state index contributed by atoms with van der Waals surface area (Å²) >= 11 is 6.15. The first-order valence-electron chi connectivity index (χ1n) is 7.28. The Morgan fingerprint density at radius 2 is 1.92 bits per heavy atom. The molecule has 2 heterocycles. The Bertz CT molecular complexity index is 872. The standard InChI is InChI=1S/C16H17ClN4O3/c1-9-15(17)10(2)21(19-9)8-14-18-16(20-24-14)11-5-6-12(22-3)13(7-11)23-4/h5-7H,8H2,1-4H3. The van der Waals surface area contributed by atoms with Gasteiger partial charge < -0.3 is 14.0 Å². The molecule has 0 bridgehead atoms. The third-order valence-corrected chi connectivity index (χ3v) is 4.24. The number of ether oxygens (including phenoxy) is 2. The van der Waals surface area contributed by atoms with E-state index in [1.807, 2.05) is 19.9 Å². The molecule has 0 amide bonds. The average Bonchev–Trinajstić information content (AvgIpc) is 3.15. The van der Waals surface area contributed by atoms with E-state index in [-0.39, 0.29) is 0 Å². The van der Waals surface area contributed by atoms with Crippen molar-refractivity contribution in [2.75, 3.05) is 14.2 Å². The van der Waals surface area contributed by atoms with Crippen molar-refractivity contribution in [1.29, 1.82) is 0 Å². The van der Waals surface area contributed by atoms with Crippen molar-refractivity contribution in [3.05, 3.63) is 40.5 Å². The van der Waals surface area contributed by atoms with E-state index in [0.717, 1.165) is 17.0 Å². The van der Waals surface area contributed by atoms with E-state index in [1.54, 1.807) is 31.0 Å². The molecule has 7 nitrogen and oxygen atoms in total. The predicted molar refractivity (Wildman–Crippen MR) is 88.7 cm³/mol. The van der Waals surface area contributed by atoms with Crippen LogP contribution < -0.4 is 9.47 Å². The Labute approximate surface area is 144 Å². The molecule has 0 aliphatic carbocycles. The van der Waals surface area contributed by atoms with Crippen LogP contribution in [0, 0.1) is 13.8 Å². The number of aryl methyl sites for hydroxylation is 1. The lowest BCUT2D eigenvalue weighted by molar-refractivity contribution is 0.355. The van der Waals surface area contributed by atoms with E-state index in [2.05, 4.69) is 15.2 Å². The topological polar surface area (TPSA) is 75.2 Å². The van der Waals surface area contributed by atoms with E-state index in [9.17, 15) is 0 Å². The lowest BCUT2D eigenvalue weighted by atomic mass is 10.2. The minimum Gasteiger partial charge on any atom is -0.493 e. The van der Waals surface area contributed by atoms with E-state index >= 15 is 0 Å². The third-order valence-electron chi connectivity index (χ3n) is 3.69. The Morgan fingerprint density at radius 1 is 1.17 bits per heavy atom. The summed E-state index contributed by atoms with van der Waals surface area (Å²) in [6.45, 7) is 4.11. The molecule has 0 radical (unpaired) electrons. The van der Waals surface area contributed by atoms with Crippen LogP contribution in [0.5, 0.6) is 11.5 Å². The molecule has 3 rings (SSSR count). The second-order valence-corrected chi connectivity index (χ2v) is 5.60. The smallest absolute Gasteiger partial charge is 0.248 e. The van der Waals surface area contributed by atoms with Gasteiger partial charge in [-0.15, -0.1) is 0 Å². The first-order chi connectivity index (χ1) is 11.5. The van der Waals surface area contributed by atoms with E-state index in [1.165, 1.54) is 0 Å². The van der Waals surface area contributed by atoms with Crippen LogP contribution in [-0.4, -0.2) is 34.1 Å². The summed E-state index contributed by atoms with van der Waals surface area (Å²) in [7, 11) is 3.17. The molecule has 0 fully saturated rings. The van der Waals surface area contributed by atoms with Gasteiger partial charge in [0.05, 0.1) is 30.6 Å². The number of benzene rings is 1. The highest BCUT2D eigenvalue weighted by Gasteiger charge is 2.15. The summed E-state index contributed by atoms with van der Waals surface area (Å²) in [6.07, 6.45) is 0. The Kier molecular flexibility index (Phi) is 4.44. The third kappa shape index (κ3) is 2.94. The van der Waals surface area contributed by atoms with E-state index < -0.39 is 0 Å². The highest BCUT2D eigenvalue weighted by molar-refractivity contribution is 6.31. The number of halogens is 1. The number of rotatable bonds is 5. The average molecular weight is 349 g/mol. The van der Waals surface area contributed by atoms with E-state index in [0.29, 0.717) is 34.8 Å². The first-order valence-corrected chi connectivity index (χ1v) is 7.65. The molecule has 8 heteroatoms. The number of hydrogen-bond donors (Lipinski definition) is 0. The van der Waals surface area contributed by atoms with E-state index in [4.69, 9.17) is 25.6 Å². The first kappa shape index (κ1) is 16.3. The molecule has 0 atom stereocenters. The van der Waals surface area contributed by atoms with Crippen LogP contribution in [0.1, 0.15) is 17.3 Å². The highest BCUT2D eigenvalue weighted by atomic mass is 35.5. The molecule has 2 aromatic heterocycles. The van der Waals surface area contributed by atoms with Gasteiger partial charge in [0.25, 0.3) is 0 Å². The minimum atomic E-state index is 0.361. The molecule has 0 spiro atoms. The summed E-state index contributed by atoms with van der Waals surface area (Å²) in [4.78, 5) is 4.41. The monoisotopic (exact) mass is 348 g/mol. The van der Waals surface area contributed by atoms with Crippen molar-refractivity contribution in [1.82, 2.24) is 19.9 Å². The van der Waals surface area contributed by atoms with Crippen molar-refractivity contribution in [3.63, 3.8) is 0 Å². The summed E-state index contributed by atoms with van der Waals surface area (Å²) < 4.78 is 17.6. The summed E-state index contributed by atoms with van der Waals surface area (Å²) in [5, 5.41) is 9.02. The van der Waals surface area contributed by atoms with Crippen molar-refractivity contribution in [3.8, 4) is 22.9 Å². The van der Waals surface area contributed by atoms with Crippen molar-refractivity contribution >= 4 is 11.6 Å². The maximum atomic E-state index is 6.15. The largest absolute Gasteiger partial charge is 0.493 e. The van der Waals surface area contributed by atoms with Gasteiger partial charge in [-0.3, -0.25) is 4.68 Å². The summed E-state index contributed by atoms with van der Waals surface area (Å²) in [5.41, 5.74) is 2.41. The SMILES string of the molecule is COc1ccc(-c2noc(Cn3nc(C)c(Cl)c3C)n2)cc1OC. The maximum absolute atomic E-state index is 6.15. The molecule has 0 saturated heterocycles. The van der Waals surface area contributed by atoms with Gasteiger partial charge in [-0.2, -0.15) is 10.1 Å². The van der Waals surface area contributed by atoms with Gasteiger partial charge in [0.1, 0.15) is 6.54 Å². The number of nitrogens with zero attached hydrogens (tertiary/aromatic N) is 4. The molecule has 3 aromatic rings. The second kappa shape index (κ2) is 6.52. The van der Waals surface area contributed by atoms with Crippen molar-refractivity contribution < 1.29 is 14.0 Å². The Morgan fingerprint density at radius 3 is 2.54 bits per heavy atom. The normalized spacial score (nSPS) is 10.9. The van der Waals surface area contributed by atoms with Crippen LogP contribution >= 0.6 is 11.6 Å². The van der Waals surface area contributed by atoms with Crippen LogP contribution in [0.15, 0.2) is 22.7 Å². The molecule has 0 aliphatic rings. The van der Waals surface area contributed by atoms with Gasteiger partial charge in [-0.25, -0.2) is 0 Å². The van der Waals surface area contributed by atoms with Crippen LogP contribution in [0.25, 0.3) is 11.4 Å².